The molecule has 0 saturated carbocycles. The molecular weight excluding hydrogens is 967 g/mol. The second-order valence-electron chi connectivity index (χ2n) is 21.0. The van der Waals surface area contributed by atoms with Crippen LogP contribution in [-0.4, -0.2) is 0 Å². The maximum Gasteiger partial charge on any atom is 0.0468 e. The van der Waals surface area contributed by atoms with Crippen LogP contribution in [0.1, 0.15) is 28.2 Å². The summed E-state index contributed by atoms with van der Waals surface area (Å²) in [6, 6.07) is 113. The van der Waals surface area contributed by atoms with E-state index in [9.17, 15) is 0 Å². The third-order valence-corrected chi connectivity index (χ3v) is 16.1. The van der Waals surface area contributed by atoms with Crippen molar-refractivity contribution in [3.05, 3.63) is 338 Å². The van der Waals surface area contributed by atoms with E-state index in [0.29, 0.717) is 5.92 Å². The molecule has 380 valence electrons. The summed E-state index contributed by atoms with van der Waals surface area (Å²) >= 11 is 0. The number of para-hydroxylation sites is 2. The van der Waals surface area contributed by atoms with Crippen molar-refractivity contribution < 1.29 is 0 Å². The Kier molecular flexibility index (Phi) is 12.8. The van der Waals surface area contributed by atoms with Gasteiger partial charge in [0.15, 0.2) is 0 Å². The minimum absolute atomic E-state index is 0.189. The molecule has 3 nitrogen and oxygen atoms in total. The molecule has 0 amide bonds. The molecule has 1 aliphatic rings. The third-order valence-electron chi connectivity index (χ3n) is 16.1. The number of hydrogen-bond acceptors (Lipinski definition) is 3. The van der Waals surface area contributed by atoms with Gasteiger partial charge >= 0.3 is 0 Å². The summed E-state index contributed by atoms with van der Waals surface area (Å²) in [6.07, 6.45) is 5.76. The number of nitrogens with zero attached hydrogens (tertiary/aromatic N) is 3. The number of allylic oxidation sites excluding steroid dienone is 1. The van der Waals surface area contributed by atoms with Crippen molar-refractivity contribution in [3.63, 3.8) is 0 Å². The zero-order valence-electron chi connectivity index (χ0n) is 44.3. The Hall–Kier alpha value is -10.2. The van der Waals surface area contributed by atoms with Crippen molar-refractivity contribution in [2.45, 2.75) is 12.3 Å². The van der Waals surface area contributed by atoms with E-state index in [1.54, 1.807) is 0 Å². The van der Waals surface area contributed by atoms with Gasteiger partial charge in [0.1, 0.15) is 0 Å². The summed E-state index contributed by atoms with van der Waals surface area (Å²) in [5.41, 5.74) is 17.6. The molecule has 13 aromatic carbocycles. The highest BCUT2D eigenvalue weighted by atomic mass is 15.2. The molecule has 0 saturated heterocycles. The molecule has 0 heterocycles. The fourth-order valence-corrected chi connectivity index (χ4v) is 12.1. The Morgan fingerprint density at radius 1 is 0.263 bits per heavy atom. The van der Waals surface area contributed by atoms with E-state index in [-0.39, 0.29) is 5.92 Å². The molecule has 80 heavy (non-hydrogen) atoms. The second-order valence-corrected chi connectivity index (χ2v) is 21.0. The number of hydrogen-bond donors (Lipinski definition) is 0. The number of anilines is 9. The van der Waals surface area contributed by atoms with E-state index in [2.05, 4.69) is 336 Å². The Morgan fingerprint density at radius 2 is 0.600 bits per heavy atom. The standard InChI is InChI=1S/C77H57N3/c1-3-23-68(24-4-1)78(72-43-37-61(38-44-72)77(66-29-27-55-15-7-11-19-62(55)51-66)67-30-28-56-16-8-12-20-63(56)52-67)70-39-31-59(32-40-70)60-33-41-71(42-34-60)79(69-25-5-2-6-26-69)73-47-49-74(50-48-73)80(75-45-35-57-17-9-13-21-64(57)53-75)76-46-36-58-18-10-14-22-65(58)54-76/h1-51,53-54,67,77H,52H2. The van der Waals surface area contributed by atoms with Gasteiger partial charge in [-0.05, 0) is 187 Å². The third kappa shape index (κ3) is 9.56. The van der Waals surface area contributed by atoms with Crippen molar-refractivity contribution in [2.75, 3.05) is 14.7 Å². The van der Waals surface area contributed by atoms with E-state index < -0.39 is 0 Å². The lowest BCUT2D eigenvalue weighted by Crippen LogP contribution is -2.18. The van der Waals surface area contributed by atoms with Gasteiger partial charge < -0.3 is 14.7 Å². The highest BCUT2D eigenvalue weighted by molar-refractivity contribution is 5.93. The molecule has 13 aromatic rings. The topological polar surface area (TPSA) is 9.72 Å². The summed E-state index contributed by atoms with van der Waals surface area (Å²) in [5, 5.41) is 7.40. The van der Waals surface area contributed by atoms with Crippen molar-refractivity contribution in [3.8, 4) is 11.1 Å². The van der Waals surface area contributed by atoms with Crippen LogP contribution in [0.2, 0.25) is 0 Å². The normalized spacial score (nSPS) is 13.2. The first-order chi connectivity index (χ1) is 39.6. The van der Waals surface area contributed by atoms with Crippen molar-refractivity contribution in [2.24, 2.45) is 5.92 Å². The predicted molar refractivity (Wildman–Crippen MR) is 339 cm³/mol. The van der Waals surface area contributed by atoms with Gasteiger partial charge in [-0.15, -0.1) is 0 Å². The molecular formula is C77H57N3. The molecule has 0 aliphatic heterocycles. The van der Waals surface area contributed by atoms with Crippen LogP contribution in [0.5, 0.6) is 0 Å². The summed E-state index contributed by atoms with van der Waals surface area (Å²) < 4.78 is 0. The largest absolute Gasteiger partial charge is 0.311 e. The lowest BCUT2D eigenvalue weighted by Gasteiger charge is -2.30. The van der Waals surface area contributed by atoms with Crippen molar-refractivity contribution >= 4 is 89.6 Å². The van der Waals surface area contributed by atoms with E-state index in [1.165, 1.54) is 54.6 Å². The fraction of sp³-hybridized carbons (Fsp3) is 0.0390. The molecule has 0 bridgehead atoms. The zero-order valence-corrected chi connectivity index (χ0v) is 44.3. The molecule has 1 aliphatic carbocycles. The van der Waals surface area contributed by atoms with Gasteiger partial charge in [-0.1, -0.05) is 212 Å². The van der Waals surface area contributed by atoms with Crippen molar-refractivity contribution in [1.29, 1.82) is 0 Å². The molecule has 0 fully saturated rings. The van der Waals surface area contributed by atoms with E-state index in [1.807, 2.05) is 0 Å². The Labute approximate surface area is 468 Å². The lowest BCUT2D eigenvalue weighted by molar-refractivity contribution is 0.563. The number of fused-ring (bicyclic) bond motifs is 4. The van der Waals surface area contributed by atoms with Crippen LogP contribution < -0.4 is 14.7 Å². The Balaban J connectivity index is 0.758. The first-order valence-electron chi connectivity index (χ1n) is 27.8. The number of rotatable bonds is 13. The van der Waals surface area contributed by atoms with Crippen molar-refractivity contribution in [1.82, 2.24) is 0 Å². The molecule has 3 heteroatoms. The molecule has 0 aromatic heterocycles. The lowest BCUT2D eigenvalue weighted by atomic mass is 9.74. The van der Waals surface area contributed by atoms with Gasteiger partial charge in [0.2, 0.25) is 0 Å². The molecule has 0 N–H and O–H groups in total. The minimum Gasteiger partial charge on any atom is -0.311 e. The summed E-state index contributed by atoms with van der Waals surface area (Å²) in [4.78, 5) is 7.07. The van der Waals surface area contributed by atoms with Gasteiger partial charge in [0.05, 0.1) is 0 Å². The smallest absolute Gasteiger partial charge is 0.0468 e. The van der Waals surface area contributed by atoms with Gasteiger partial charge in [0.25, 0.3) is 0 Å². The first-order valence-corrected chi connectivity index (χ1v) is 27.8. The van der Waals surface area contributed by atoms with Crippen LogP contribution in [0.15, 0.2) is 315 Å². The average molecular weight is 1020 g/mol. The monoisotopic (exact) mass is 1020 g/mol. The quantitative estimate of drug-likeness (QED) is 0.114. The SMILES string of the molecule is C1=CC(C(c2ccc(N(c3ccccc3)c3ccc(-c4ccc(N(c5ccccc5)c5ccc(N(c6ccc7ccccc7c6)c6ccc7ccccc7c6)cc5)cc4)cc3)cc2)c2ccc3ccccc3c2)Cc2ccccc21. The van der Waals surface area contributed by atoms with Crippen LogP contribution in [0, 0.1) is 5.92 Å². The van der Waals surface area contributed by atoms with Crippen LogP contribution in [0.25, 0.3) is 49.5 Å². The van der Waals surface area contributed by atoms with Gasteiger partial charge in [-0.3, -0.25) is 0 Å². The van der Waals surface area contributed by atoms with Gasteiger partial charge in [0, 0.05) is 57.1 Å². The Morgan fingerprint density at radius 3 is 1.09 bits per heavy atom. The van der Waals surface area contributed by atoms with Crippen LogP contribution in [-0.2, 0) is 6.42 Å². The minimum atomic E-state index is 0.189. The highest BCUT2D eigenvalue weighted by Crippen LogP contribution is 2.44. The molecule has 0 radical (unpaired) electrons. The average Bonchev–Trinajstić information content (AvgIpc) is 3.53. The molecule has 0 spiro atoms. The van der Waals surface area contributed by atoms with Crippen LogP contribution in [0.4, 0.5) is 51.2 Å². The molecule has 14 rings (SSSR count). The molecule has 2 unspecified atom stereocenters. The second kappa shape index (κ2) is 21.3. The summed E-state index contributed by atoms with van der Waals surface area (Å²) in [5.74, 6) is 0.506. The highest BCUT2D eigenvalue weighted by Gasteiger charge is 2.27. The van der Waals surface area contributed by atoms with Crippen LogP contribution in [0.3, 0.4) is 0 Å². The van der Waals surface area contributed by atoms with E-state index >= 15 is 0 Å². The maximum absolute atomic E-state index is 2.44. The number of benzene rings is 13. The van der Waals surface area contributed by atoms with Gasteiger partial charge in [-0.25, -0.2) is 0 Å². The maximum atomic E-state index is 2.44. The van der Waals surface area contributed by atoms with E-state index in [0.717, 1.165) is 68.7 Å². The zero-order chi connectivity index (χ0) is 53.2. The van der Waals surface area contributed by atoms with Gasteiger partial charge in [-0.2, -0.15) is 0 Å². The summed E-state index contributed by atoms with van der Waals surface area (Å²) in [7, 11) is 0. The first kappa shape index (κ1) is 48.2. The Bertz CT molecular complexity index is 4240. The van der Waals surface area contributed by atoms with E-state index in [4.69, 9.17) is 0 Å². The fourth-order valence-electron chi connectivity index (χ4n) is 12.1. The van der Waals surface area contributed by atoms with Crippen LogP contribution >= 0.6 is 0 Å². The summed E-state index contributed by atoms with van der Waals surface area (Å²) in [6.45, 7) is 0. The predicted octanol–water partition coefficient (Wildman–Crippen LogP) is 21.2. The molecule has 2 atom stereocenters.